The van der Waals surface area contributed by atoms with E-state index in [0.717, 1.165) is 0 Å². The van der Waals surface area contributed by atoms with Crippen LogP contribution in [-0.2, 0) is 20.8 Å². The van der Waals surface area contributed by atoms with E-state index >= 15 is 0 Å². The van der Waals surface area contributed by atoms with Gasteiger partial charge in [0.25, 0.3) is 0 Å². The van der Waals surface area contributed by atoms with Gasteiger partial charge in [0.05, 0.1) is 39.9 Å². The second-order valence-corrected chi connectivity index (χ2v) is 9.54. The van der Waals surface area contributed by atoms with E-state index in [-0.39, 0.29) is 27.8 Å². The highest BCUT2D eigenvalue weighted by molar-refractivity contribution is 6.33. The normalized spacial score (nSPS) is 27.2. The van der Waals surface area contributed by atoms with Crippen LogP contribution in [0.1, 0.15) is 22.6 Å². The Morgan fingerprint density at radius 3 is 2.26 bits per heavy atom. The van der Waals surface area contributed by atoms with E-state index in [9.17, 15) is 15.0 Å². The third-order valence-corrected chi connectivity index (χ3v) is 7.90. The van der Waals surface area contributed by atoms with Crippen molar-refractivity contribution in [3.63, 3.8) is 0 Å². The van der Waals surface area contributed by atoms with E-state index in [1.54, 1.807) is 37.4 Å². The van der Waals surface area contributed by atoms with Crippen LogP contribution >= 0.6 is 11.6 Å². The molecule has 0 radical (unpaired) electrons. The number of hydroxylamine groups is 1. The third kappa shape index (κ3) is 3.39. The van der Waals surface area contributed by atoms with Gasteiger partial charge in [-0.2, -0.15) is 0 Å². The molecule has 5 rings (SSSR count). The molecule has 3 N–H and O–H groups in total. The fourth-order valence-corrected chi connectivity index (χ4v) is 6.34. The Kier molecular flexibility index (Phi) is 6.65. The summed E-state index contributed by atoms with van der Waals surface area (Å²) in [5.41, 5.74) is -0.316. The zero-order valence-electron chi connectivity index (χ0n) is 21.2. The number of rotatable bonds is 7. The molecule has 1 aliphatic heterocycles. The van der Waals surface area contributed by atoms with Gasteiger partial charge in [0.2, 0.25) is 5.91 Å². The molecule has 1 amide bonds. The van der Waals surface area contributed by atoms with Crippen molar-refractivity contribution < 1.29 is 38.8 Å². The summed E-state index contributed by atoms with van der Waals surface area (Å²) in [6.07, 6.45) is -1.68. The van der Waals surface area contributed by atoms with Gasteiger partial charge in [0.1, 0.15) is 28.4 Å². The van der Waals surface area contributed by atoms with Crippen molar-refractivity contribution in [2.24, 2.45) is 5.92 Å². The monoisotopic (exact) mass is 541 g/mol. The summed E-state index contributed by atoms with van der Waals surface area (Å²) in [6, 6.07) is 17.6. The third-order valence-electron chi connectivity index (χ3n) is 7.54. The van der Waals surface area contributed by atoms with Gasteiger partial charge in [-0.05, 0) is 23.3 Å². The number of carbonyl (C=O) groups is 1. The van der Waals surface area contributed by atoms with Crippen LogP contribution in [0.4, 0.5) is 0 Å². The molecule has 9 nitrogen and oxygen atoms in total. The van der Waals surface area contributed by atoms with Crippen molar-refractivity contribution >= 4 is 17.5 Å². The van der Waals surface area contributed by atoms with Crippen molar-refractivity contribution in [2.45, 2.75) is 23.2 Å². The van der Waals surface area contributed by atoms with Gasteiger partial charge in [-0.25, -0.2) is 5.48 Å². The molecule has 3 aromatic carbocycles. The smallest absolute Gasteiger partial charge is 0.250 e. The Morgan fingerprint density at radius 1 is 1.00 bits per heavy atom. The number of aliphatic hydroxyl groups excluding tert-OH is 1. The lowest BCUT2D eigenvalue weighted by molar-refractivity contribution is -0.157. The summed E-state index contributed by atoms with van der Waals surface area (Å²) in [4.78, 5) is 18.4. The molecule has 2 aliphatic rings. The summed E-state index contributed by atoms with van der Waals surface area (Å²) in [5, 5.41) is 24.8. The highest BCUT2D eigenvalue weighted by atomic mass is 35.5. The number of hydrogen-bond acceptors (Lipinski definition) is 8. The first-order chi connectivity index (χ1) is 18.3. The van der Waals surface area contributed by atoms with Crippen molar-refractivity contribution in [2.75, 3.05) is 28.4 Å². The number of carbonyl (C=O) groups excluding carboxylic acids is 1. The molecule has 38 heavy (non-hydrogen) atoms. The molecular weight excluding hydrogens is 514 g/mol. The lowest BCUT2D eigenvalue weighted by Crippen LogP contribution is -2.52. The van der Waals surface area contributed by atoms with Crippen molar-refractivity contribution in [3.05, 3.63) is 82.4 Å². The van der Waals surface area contributed by atoms with E-state index in [2.05, 4.69) is 5.48 Å². The van der Waals surface area contributed by atoms with Gasteiger partial charge < -0.3 is 29.2 Å². The molecular formula is C28H28ClNO8. The largest absolute Gasteiger partial charge is 0.497 e. The Bertz CT molecular complexity index is 1350. The van der Waals surface area contributed by atoms with Crippen LogP contribution in [0.15, 0.2) is 60.7 Å². The first-order valence-corrected chi connectivity index (χ1v) is 12.2. The zero-order chi connectivity index (χ0) is 27.2. The Labute approximate surface area is 224 Å². The lowest BCUT2D eigenvalue weighted by atomic mass is 9.70. The standard InChI is InChI=1S/C28H28ClNO8/c1-34-17-12-10-16(11-13-17)28-21(15-8-6-5-7-9-15)20(26(32)30-37-4)25(31)27(28,33)22-18(38-28)14-19(35-2)23(29)24(22)36-3/h5-14,20-21,25,31,33H,1-4H3,(H,30,32)/t20-,21-,25-,27+,28+/m1/s1. The Balaban J connectivity index is 1.89. The zero-order valence-corrected chi connectivity index (χ0v) is 22.0. The van der Waals surface area contributed by atoms with Crippen LogP contribution in [-0.4, -0.2) is 50.7 Å². The summed E-state index contributed by atoms with van der Waals surface area (Å²) in [7, 11) is 5.68. The fourth-order valence-electron chi connectivity index (χ4n) is 6.03. The lowest BCUT2D eigenvalue weighted by Gasteiger charge is -2.40. The van der Waals surface area contributed by atoms with Crippen LogP contribution in [0.3, 0.4) is 0 Å². The molecule has 1 fully saturated rings. The number of hydrogen-bond donors (Lipinski definition) is 3. The van der Waals surface area contributed by atoms with Gasteiger partial charge >= 0.3 is 0 Å². The van der Waals surface area contributed by atoms with Crippen molar-refractivity contribution in [1.82, 2.24) is 5.48 Å². The van der Waals surface area contributed by atoms with Crippen molar-refractivity contribution in [1.29, 1.82) is 0 Å². The number of methoxy groups -OCH3 is 3. The summed E-state index contributed by atoms with van der Waals surface area (Å²) in [5.74, 6) is -1.62. The maximum atomic E-state index is 13.5. The molecule has 1 saturated carbocycles. The molecule has 3 aromatic rings. The molecule has 10 heteroatoms. The second kappa shape index (κ2) is 9.67. The van der Waals surface area contributed by atoms with Crippen LogP contribution < -0.4 is 24.4 Å². The SMILES string of the molecule is CONC(=O)[C@H]1[C@@H](O)[C@@]2(O)c3c(cc(OC)c(Cl)c3OC)O[C@@]2(c2ccc(OC)cc2)[C@@H]1c1ccccc1. The Morgan fingerprint density at radius 2 is 1.68 bits per heavy atom. The van der Waals surface area contributed by atoms with Crippen LogP contribution in [0.2, 0.25) is 5.02 Å². The van der Waals surface area contributed by atoms with Crippen molar-refractivity contribution in [3.8, 4) is 23.0 Å². The number of benzene rings is 3. The van der Waals surface area contributed by atoms with Crippen LogP contribution in [0, 0.1) is 5.92 Å². The minimum atomic E-state index is -2.20. The quantitative estimate of drug-likeness (QED) is 0.390. The predicted molar refractivity (Wildman–Crippen MR) is 138 cm³/mol. The fraction of sp³-hybridized carbons (Fsp3) is 0.321. The van der Waals surface area contributed by atoms with E-state index < -0.39 is 35.0 Å². The first-order valence-electron chi connectivity index (χ1n) is 11.9. The van der Waals surface area contributed by atoms with E-state index in [1.807, 2.05) is 30.3 Å². The molecule has 0 aromatic heterocycles. The topological polar surface area (TPSA) is 116 Å². The summed E-state index contributed by atoms with van der Waals surface area (Å²) >= 11 is 6.61. The maximum Gasteiger partial charge on any atom is 0.250 e. The molecule has 0 saturated heterocycles. The summed E-state index contributed by atoms with van der Waals surface area (Å²) < 4.78 is 23.2. The number of fused-ring (bicyclic) bond motifs is 3. The number of nitrogens with one attached hydrogen (secondary N) is 1. The number of aliphatic hydroxyl groups is 2. The Hall–Kier alpha value is -3.50. The minimum absolute atomic E-state index is 0.0672. The first kappa shape index (κ1) is 26.1. The average Bonchev–Trinajstić information content (AvgIpc) is 3.31. The maximum absolute atomic E-state index is 13.5. The molecule has 5 atom stereocenters. The van der Waals surface area contributed by atoms with Gasteiger partial charge in [0.15, 0.2) is 17.0 Å². The molecule has 1 heterocycles. The van der Waals surface area contributed by atoms with Gasteiger partial charge in [-0.15, -0.1) is 0 Å². The molecule has 1 aliphatic carbocycles. The highest BCUT2D eigenvalue weighted by Crippen LogP contribution is 2.71. The van der Waals surface area contributed by atoms with Gasteiger partial charge in [0, 0.05) is 12.0 Å². The van der Waals surface area contributed by atoms with E-state index in [4.69, 9.17) is 35.4 Å². The molecule has 0 unspecified atom stereocenters. The summed E-state index contributed by atoms with van der Waals surface area (Å²) in [6.45, 7) is 0. The van der Waals surface area contributed by atoms with E-state index in [1.165, 1.54) is 21.3 Å². The predicted octanol–water partition coefficient (Wildman–Crippen LogP) is 3.29. The molecule has 0 spiro atoms. The van der Waals surface area contributed by atoms with Crippen LogP contribution in [0.25, 0.3) is 0 Å². The van der Waals surface area contributed by atoms with E-state index in [0.29, 0.717) is 16.9 Å². The minimum Gasteiger partial charge on any atom is -0.497 e. The number of halogens is 1. The van der Waals surface area contributed by atoms with Gasteiger partial charge in [-0.3, -0.25) is 9.63 Å². The molecule has 0 bridgehead atoms. The highest BCUT2D eigenvalue weighted by Gasteiger charge is 2.78. The van der Waals surface area contributed by atoms with Crippen LogP contribution in [0.5, 0.6) is 23.0 Å². The molecule has 200 valence electrons. The number of ether oxygens (including phenoxy) is 4. The van der Waals surface area contributed by atoms with Gasteiger partial charge in [-0.1, -0.05) is 54.1 Å². The number of amides is 1. The average molecular weight is 542 g/mol. The second-order valence-electron chi connectivity index (χ2n) is 9.16.